The van der Waals surface area contributed by atoms with Crippen molar-refractivity contribution in [1.82, 2.24) is 4.90 Å². The van der Waals surface area contributed by atoms with Crippen LogP contribution in [0.25, 0.3) is 6.08 Å². The Labute approximate surface area is 170 Å². The van der Waals surface area contributed by atoms with E-state index < -0.39 is 7.12 Å². The van der Waals surface area contributed by atoms with Crippen LogP contribution in [0.5, 0.6) is 5.75 Å². The fraction of sp³-hybridized carbons (Fsp3) is 0.318. The highest BCUT2D eigenvalue weighted by Gasteiger charge is 2.43. The number of carbonyl (C=O) groups is 1. The van der Waals surface area contributed by atoms with Crippen molar-refractivity contribution in [2.45, 2.75) is 24.8 Å². The normalized spacial score (nSPS) is 17.4. The van der Waals surface area contributed by atoms with E-state index in [2.05, 4.69) is 6.07 Å². The van der Waals surface area contributed by atoms with Crippen molar-refractivity contribution in [3.8, 4) is 5.75 Å². The number of rotatable bonds is 4. The van der Waals surface area contributed by atoms with Crippen LogP contribution in [-0.2, 0) is 16.8 Å². The number of hydrogen-bond donors (Lipinski definition) is 3. The van der Waals surface area contributed by atoms with E-state index in [1.807, 2.05) is 17.0 Å². The maximum atomic E-state index is 12.6. The van der Waals surface area contributed by atoms with E-state index in [9.17, 15) is 4.79 Å². The highest BCUT2D eigenvalue weighted by Crippen LogP contribution is 2.45. The van der Waals surface area contributed by atoms with Gasteiger partial charge in [-0.1, -0.05) is 36.4 Å². The lowest BCUT2D eigenvalue weighted by Crippen LogP contribution is -2.45. The molecule has 0 aliphatic carbocycles. The summed E-state index contributed by atoms with van der Waals surface area (Å²) >= 11 is 0. The molecule has 0 unspecified atom stereocenters. The van der Waals surface area contributed by atoms with E-state index in [0.29, 0.717) is 31.7 Å². The number of ether oxygens (including phenoxy) is 1. The first kappa shape index (κ1) is 19.7. The zero-order valence-electron chi connectivity index (χ0n) is 16.3. The molecule has 6 nitrogen and oxygen atoms in total. The Balaban J connectivity index is 1.39. The number of nitrogens with zero attached hydrogens (tertiary/aromatic N) is 1. The van der Waals surface area contributed by atoms with Crippen molar-refractivity contribution in [3.63, 3.8) is 0 Å². The SMILES string of the molecule is NCc1ccc2c(c1)C1(CCN(C(=O)C=Cc3ccc(B(O)O)cc3)CC1)CO2. The van der Waals surface area contributed by atoms with Gasteiger partial charge in [0.25, 0.3) is 0 Å². The quantitative estimate of drug-likeness (QED) is 0.528. The predicted molar refractivity (Wildman–Crippen MR) is 113 cm³/mol. The molecule has 4 rings (SSSR count). The third-order valence-corrected chi connectivity index (χ3v) is 6.04. The summed E-state index contributed by atoms with van der Waals surface area (Å²) in [6, 6.07) is 13.0. The van der Waals surface area contributed by atoms with Gasteiger partial charge in [0.15, 0.2) is 0 Å². The Morgan fingerprint density at radius 1 is 1.17 bits per heavy atom. The van der Waals surface area contributed by atoms with Gasteiger partial charge in [-0.05, 0) is 41.6 Å². The lowest BCUT2D eigenvalue weighted by Gasteiger charge is -2.38. The topological polar surface area (TPSA) is 96.0 Å². The molecular formula is C22H25BN2O4. The van der Waals surface area contributed by atoms with E-state index in [-0.39, 0.29) is 11.3 Å². The van der Waals surface area contributed by atoms with Gasteiger partial charge in [0.05, 0.1) is 6.61 Å². The summed E-state index contributed by atoms with van der Waals surface area (Å²) in [5, 5.41) is 18.3. The molecule has 0 radical (unpaired) electrons. The van der Waals surface area contributed by atoms with Gasteiger partial charge in [-0.15, -0.1) is 0 Å². The number of amides is 1. The molecule has 0 aromatic heterocycles. The van der Waals surface area contributed by atoms with Gasteiger partial charge in [-0.25, -0.2) is 0 Å². The van der Waals surface area contributed by atoms with Crippen LogP contribution in [0.3, 0.4) is 0 Å². The number of fused-ring (bicyclic) bond motifs is 2. The second-order valence-electron chi connectivity index (χ2n) is 7.80. The summed E-state index contributed by atoms with van der Waals surface area (Å²) < 4.78 is 5.92. The van der Waals surface area contributed by atoms with Crippen molar-refractivity contribution < 1.29 is 19.6 Å². The van der Waals surface area contributed by atoms with Crippen molar-refractivity contribution in [1.29, 1.82) is 0 Å². The van der Waals surface area contributed by atoms with Crippen molar-refractivity contribution in [3.05, 3.63) is 65.2 Å². The maximum Gasteiger partial charge on any atom is 0.488 e. The van der Waals surface area contributed by atoms with Crippen LogP contribution < -0.4 is 15.9 Å². The van der Waals surface area contributed by atoms with Gasteiger partial charge in [-0.3, -0.25) is 4.79 Å². The van der Waals surface area contributed by atoms with E-state index in [4.69, 9.17) is 20.5 Å². The molecule has 1 fully saturated rings. The van der Waals surface area contributed by atoms with E-state index in [1.54, 1.807) is 36.4 Å². The smallest absolute Gasteiger partial charge is 0.488 e. The summed E-state index contributed by atoms with van der Waals surface area (Å²) in [7, 11) is -1.49. The highest BCUT2D eigenvalue weighted by atomic mass is 16.5. The minimum atomic E-state index is -1.49. The van der Waals surface area contributed by atoms with E-state index in [0.717, 1.165) is 29.7 Å². The van der Waals surface area contributed by atoms with Gasteiger partial charge < -0.3 is 25.4 Å². The first-order valence-corrected chi connectivity index (χ1v) is 9.90. The molecule has 2 aromatic carbocycles. The third-order valence-electron chi connectivity index (χ3n) is 6.04. The fourth-order valence-electron chi connectivity index (χ4n) is 4.16. The first-order valence-electron chi connectivity index (χ1n) is 9.90. The van der Waals surface area contributed by atoms with E-state index >= 15 is 0 Å². The number of hydrogen-bond acceptors (Lipinski definition) is 5. The zero-order valence-corrected chi connectivity index (χ0v) is 16.3. The Morgan fingerprint density at radius 2 is 1.90 bits per heavy atom. The molecule has 2 aromatic rings. The molecule has 1 saturated heterocycles. The minimum absolute atomic E-state index is 0.0130. The number of benzene rings is 2. The maximum absolute atomic E-state index is 12.6. The van der Waals surface area contributed by atoms with Crippen LogP contribution in [0.15, 0.2) is 48.5 Å². The molecular weight excluding hydrogens is 367 g/mol. The lowest BCUT2D eigenvalue weighted by atomic mass is 9.74. The molecule has 2 aliphatic heterocycles. The first-order chi connectivity index (χ1) is 14.0. The standard InChI is InChI=1S/C22H25BN2O4/c24-14-17-3-7-20-19(13-17)22(15-29-20)9-11-25(12-10-22)21(26)8-4-16-1-5-18(6-2-16)23(27)28/h1-8,13,27-28H,9-12,14-15,24H2. The fourth-order valence-corrected chi connectivity index (χ4v) is 4.16. The van der Waals surface area contributed by atoms with Crippen LogP contribution in [0.1, 0.15) is 29.5 Å². The Kier molecular flexibility index (Phi) is 5.45. The van der Waals surface area contributed by atoms with Crippen molar-refractivity contribution >= 4 is 24.6 Å². The third kappa shape index (κ3) is 3.94. The number of carbonyl (C=O) groups excluding carboxylic acids is 1. The predicted octanol–water partition coefficient (Wildman–Crippen LogP) is 0.791. The average molecular weight is 392 g/mol. The molecule has 1 amide bonds. The van der Waals surface area contributed by atoms with Crippen LogP contribution >= 0.6 is 0 Å². The molecule has 0 saturated carbocycles. The van der Waals surface area contributed by atoms with Crippen LogP contribution in [0.4, 0.5) is 0 Å². The van der Waals surface area contributed by atoms with Gasteiger partial charge in [0.2, 0.25) is 5.91 Å². The largest absolute Gasteiger partial charge is 0.492 e. The Hall–Kier alpha value is -2.61. The van der Waals surface area contributed by atoms with Gasteiger partial charge in [0.1, 0.15) is 5.75 Å². The average Bonchev–Trinajstić information content (AvgIpc) is 3.10. The van der Waals surface area contributed by atoms with E-state index in [1.165, 1.54) is 5.56 Å². The van der Waals surface area contributed by atoms with Crippen LogP contribution in [-0.4, -0.2) is 47.7 Å². The van der Waals surface area contributed by atoms with Crippen molar-refractivity contribution in [2.75, 3.05) is 19.7 Å². The monoisotopic (exact) mass is 392 g/mol. The molecule has 4 N–H and O–H groups in total. The summed E-state index contributed by atoms with van der Waals surface area (Å²) in [6.45, 7) is 2.55. The molecule has 7 heteroatoms. The molecule has 2 heterocycles. The Bertz CT molecular complexity index is 919. The summed E-state index contributed by atoms with van der Waals surface area (Å²) in [5.41, 5.74) is 9.37. The van der Waals surface area contributed by atoms with Crippen molar-refractivity contribution in [2.24, 2.45) is 5.73 Å². The second-order valence-corrected chi connectivity index (χ2v) is 7.80. The second kappa shape index (κ2) is 8.03. The van der Waals surface area contributed by atoms with Crippen LogP contribution in [0, 0.1) is 0 Å². The molecule has 0 bridgehead atoms. The molecule has 1 spiro atoms. The highest BCUT2D eigenvalue weighted by molar-refractivity contribution is 6.58. The number of piperidine rings is 1. The molecule has 29 heavy (non-hydrogen) atoms. The molecule has 2 aliphatic rings. The molecule has 0 atom stereocenters. The summed E-state index contributed by atoms with van der Waals surface area (Å²) in [4.78, 5) is 14.5. The van der Waals surface area contributed by atoms with Gasteiger partial charge in [0, 0.05) is 36.7 Å². The van der Waals surface area contributed by atoms with Crippen LogP contribution in [0.2, 0.25) is 0 Å². The zero-order chi connectivity index (χ0) is 20.4. The summed E-state index contributed by atoms with van der Waals surface area (Å²) in [6.07, 6.45) is 5.07. The lowest BCUT2D eigenvalue weighted by molar-refractivity contribution is -0.127. The number of likely N-dealkylation sites (tertiary alicyclic amines) is 1. The van der Waals surface area contributed by atoms with Gasteiger partial charge >= 0.3 is 7.12 Å². The van der Waals surface area contributed by atoms with Gasteiger partial charge in [-0.2, -0.15) is 0 Å². The molecule has 150 valence electrons. The number of nitrogens with two attached hydrogens (primary N) is 1. The Morgan fingerprint density at radius 3 is 2.55 bits per heavy atom. The summed E-state index contributed by atoms with van der Waals surface area (Å²) in [5.74, 6) is 0.930. The minimum Gasteiger partial charge on any atom is -0.492 e.